The second-order valence-electron chi connectivity index (χ2n) is 4.93. The van der Waals surface area contributed by atoms with Gasteiger partial charge in [-0.05, 0) is 25.1 Å². The van der Waals surface area contributed by atoms with Crippen molar-refractivity contribution in [1.82, 2.24) is 19.7 Å². The van der Waals surface area contributed by atoms with E-state index in [1.165, 1.54) is 0 Å². The molecular weight excluding hydrogens is 280 g/mol. The predicted octanol–water partition coefficient (Wildman–Crippen LogP) is 2.71. The number of nitrogens with one attached hydrogen (secondary N) is 1. The first-order chi connectivity index (χ1) is 10.7. The first kappa shape index (κ1) is 14.2. The summed E-state index contributed by atoms with van der Waals surface area (Å²) < 4.78 is 12.8. The van der Waals surface area contributed by atoms with Crippen molar-refractivity contribution in [3.63, 3.8) is 0 Å². The molecule has 2 aromatic heterocycles. The molecule has 0 aliphatic heterocycles. The molecule has 0 aliphatic rings. The lowest BCUT2D eigenvalue weighted by Crippen LogP contribution is -2.00. The Balaban J connectivity index is 1.78. The van der Waals surface area contributed by atoms with E-state index in [0.717, 1.165) is 17.1 Å². The largest absolute Gasteiger partial charge is 0.493 e. The molecule has 0 fully saturated rings. The van der Waals surface area contributed by atoms with Crippen LogP contribution in [-0.4, -0.2) is 26.9 Å². The summed E-state index contributed by atoms with van der Waals surface area (Å²) in [6, 6.07) is 9.51. The highest BCUT2D eigenvalue weighted by atomic mass is 16.5. The number of rotatable bonds is 5. The van der Waals surface area contributed by atoms with Crippen molar-refractivity contribution in [1.29, 1.82) is 0 Å². The predicted molar refractivity (Wildman–Crippen MR) is 82.9 cm³/mol. The third kappa shape index (κ3) is 2.67. The summed E-state index contributed by atoms with van der Waals surface area (Å²) in [6.07, 6.45) is 1.89. The smallest absolute Gasteiger partial charge is 0.188 e. The van der Waals surface area contributed by atoms with E-state index in [1.807, 2.05) is 50.5 Å². The van der Waals surface area contributed by atoms with E-state index in [4.69, 9.17) is 9.47 Å². The number of hydrogen-bond acceptors (Lipinski definition) is 4. The summed E-state index contributed by atoms with van der Waals surface area (Å²) in [5, 5.41) is 4.40. The third-order valence-electron chi connectivity index (χ3n) is 3.43. The van der Waals surface area contributed by atoms with Gasteiger partial charge in [0.15, 0.2) is 23.1 Å². The first-order valence-electron chi connectivity index (χ1n) is 6.99. The van der Waals surface area contributed by atoms with E-state index in [2.05, 4.69) is 15.1 Å². The highest BCUT2D eigenvalue weighted by molar-refractivity contribution is 5.58. The Morgan fingerprint density at radius 3 is 2.64 bits per heavy atom. The number of aryl methyl sites for hydroxylation is 2. The van der Waals surface area contributed by atoms with Crippen molar-refractivity contribution in [2.24, 2.45) is 7.05 Å². The van der Waals surface area contributed by atoms with Gasteiger partial charge in [-0.2, -0.15) is 5.10 Å². The quantitative estimate of drug-likeness (QED) is 0.786. The van der Waals surface area contributed by atoms with Crippen molar-refractivity contribution >= 4 is 0 Å². The second kappa shape index (κ2) is 5.93. The fourth-order valence-electron chi connectivity index (χ4n) is 2.31. The molecule has 1 N–H and O–H groups in total. The fourth-order valence-corrected chi connectivity index (χ4v) is 2.31. The molecular formula is C16H18N4O2. The molecule has 0 aliphatic carbocycles. The van der Waals surface area contributed by atoms with Crippen LogP contribution in [0.4, 0.5) is 0 Å². The monoisotopic (exact) mass is 298 g/mol. The van der Waals surface area contributed by atoms with Gasteiger partial charge >= 0.3 is 0 Å². The molecule has 2 heterocycles. The molecule has 22 heavy (non-hydrogen) atoms. The molecule has 0 atom stereocenters. The molecule has 0 saturated carbocycles. The summed E-state index contributed by atoms with van der Waals surface area (Å²) in [5.41, 5.74) is 2.10. The van der Waals surface area contributed by atoms with E-state index in [9.17, 15) is 0 Å². The average Bonchev–Trinajstić information content (AvgIpc) is 3.11. The maximum Gasteiger partial charge on any atom is 0.188 e. The van der Waals surface area contributed by atoms with Gasteiger partial charge in [-0.3, -0.25) is 0 Å². The van der Waals surface area contributed by atoms with Gasteiger partial charge in [-0.1, -0.05) is 12.1 Å². The summed E-state index contributed by atoms with van der Waals surface area (Å²) in [7, 11) is 3.50. The van der Waals surface area contributed by atoms with E-state index in [-0.39, 0.29) is 6.61 Å². The van der Waals surface area contributed by atoms with Crippen LogP contribution in [0, 0.1) is 6.92 Å². The van der Waals surface area contributed by atoms with Gasteiger partial charge in [0.05, 0.1) is 7.11 Å². The highest BCUT2D eigenvalue weighted by Gasteiger charge is 2.13. The molecule has 3 aromatic rings. The SMILES string of the molecule is COc1ccccc1OCc1nc(-c2cc[nH]c2C)n(C)n1. The van der Waals surface area contributed by atoms with E-state index >= 15 is 0 Å². The molecule has 114 valence electrons. The van der Waals surface area contributed by atoms with Gasteiger partial charge < -0.3 is 14.5 Å². The Bertz CT molecular complexity index is 776. The van der Waals surface area contributed by atoms with Crippen molar-refractivity contribution in [2.45, 2.75) is 13.5 Å². The number of methoxy groups -OCH3 is 1. The van der Waals surface area contributed by atoms with E-state index in [1.54, 1.807) is 11.8 Å². The van der Waals surface area contributed by atoms with Gasteiger partial charge in [-0.15, -0.1) is 0 Å². The molecule has 0 unspecified atom stereocenters. The van der Waals surface area contributed by atoms with Crippen molar-refractivity contribution in [3.05, 3.63) is 48.0 Å². The molecule has 0 amide bonds. The number of nitrogens with zero attached hydrogens (tertiary/aromatic N) is 3. The third-order valence-corrected chi connectivity index (χ3v) is 3.43. The van der Waals surface area contributed by atoms with E-state index < -0.39 is 0 Å². The number of H-pyrrole nitrogens is 1. The van der Waals surface area contributed by atoms with Crippen LogP contribution in [0.25, 0.3) is 11.4 Å². The van der Waals surface area contributed by atoms with Crippen LogP contribution in [0.3, 0.4) is 0 Å². The number of para-hydroxylation sites is 2. The highest BCUT2D eigenvalue weighted by Crippen LogP contribution is 2.26. The lowest BCUT2D eigenvalue weighted by atomic mass is 10.2. The van der Waals surface area contributed by atoms with Crippen LogP contribution in [0.1, 0.15) is 11.5 Å². The zero-order valence-electron chi connectivity index (χ0n) is 12.8. The summed E-state index contributed by atoms with van der Waals surface area (Å²) in [6.45, 7) is 2.30. The Labute approximate surface area is 128 Å². The number of ether oxygens (including phenoxy) is 2. The Morgan fingerprint density at radius 2 is 1.95 bits per heavy atom. The van der Waals surface area contributed by atoms with Crippen molar-refractivity contribution in [3.8, 4) is 22.9 Å². The van der Waals surface area contributed by atoms with Crippen LogP contribution in [0.5, 0.6) is 11.5 Å². The first-order valence-corrected chi connectivity index (χ1v) is 6.99. The summed E-state index contributed by atoms with van der Waals surface area (Å²) in [5.74, 6) is 2.82. The maximum atomic E-state index is 5.76. The second-order valence-corrected chi connectivity index (χ2v) is 4.93. The summed E-state index contributed by atoms with van der Waals surface area (Å²) in [4.78, 5) is 7.70. The van der Waals surface area contributed by atoms with Crippen LogP contribution in [0.15, 0.2) is 36.5 Å². The molecule has 6 heteroatoms. The molecule has 0 bridgehead atoms. The van der Waals surface area contributed by atoms with Gasteiger partial charge in [0, 0.05) is 24.5 Å². The van der Waals surface area contributed by atoms with E-state index in [0.29, 0.717) is 17.3 Å². The standard InChI is InChI=1S/C16H18N4O2/c1-11-12(8-9-17-11)16-18-15(19-20(16)2)10-22-14-7-5-4-6-13(14)21-3/h4-9,17H,10H2,1-3H3. The van der Waals surface area contributed by atoms with Crippen LogP contribution in [0.2, 0.25) is 0 Å². The van der Waals surface area contributed by atoms with Gasteiger partial charge in [-0.25, -0.2) is 9.67 Å². The Kier molecular flexibility index (Phi) is 3.82. The fraction of sp³-hybridized carbons (Fsp3) is 0.250. The zero-order chi connectivity index (χ0) is 15.5. The minimum Gasteiger partial charge on any atom is -0.493 e. The Hall–Kier alpha value is -2.76. The van der Waals surface area contributed by atoms with Crippen LogP contribution in [-0.2, 0) is 13.7 Å². The lowest BCUT2D eigenvalue weighted by Gasteiger charge is -2.08. The lowest BCUT2D eigenvalue weighted by molar-refractivity contribution is 0.276. The molecule has 0 saturated heterocycles. The normalized spacial score (nSPS) is 10.7. The minimum absolute atomic E-state index is 0.289. The average molecular weight is 298 g/mol. The molecule has 0 spiro atoms. The molecule has 6 nitrogen and oxygen atoms in total. The summed E-state index contributed by atoms with van der Waals surface area (Å²) >= 11 is 0. The minimum atomic E-state index is 0.289. The number of aromatic amines is 1. The molecule has 3 rings (SSSR count). The molecule has 1 aromatic carbocycles. The maximum absolute atomic E-state index is 5.76. The van der Waals surface area contributed by atoms with Crippen LogP contribution < -0.4 is 9.47 Å². The van der Waals surface area contributed by atoms with Gasteiger partial charge in [0.1, 0.15) is 6.61 Å². The van der Waals surface area contributed by atoms with Gasteiger partial charge in [0.25, 0.3) is 0 Å². The number of benzene rings is 1. The zero-order valence-corrected chi connectivity index (χ0v) is 12.8. The van der Waals surface area contributed by atoms with Crippen molar-refractivity contribution < 1.29 is 9.47 Å². The van der Waals surface area contributed by atoms with Gasteiger partial charge in [0.2, 0.25) is 0 Å². The topological polar surface area (TPSA) is 65.0 Å². The Morgan fingerprint density at radius 1 is 1.18 bits per heavy atom. The number of hydrogen-bond donors (Lipinski definition) is 1. The molecule has 0 radical (unpaired) electrons. The van der Waals surface area contributed by atoms with Crippen LogP contribution >= 0.6 is 0 Å². The number of aromatic nitrogens is 4. The van der Waals surface area contributed by atoms with Crippen molar-refractivity contribution in [2.75, 3.05) is 7.11 Å².